The van der Waals surface area contributed by atoms with E-state index < -0.39 is 15.9 Å². The Balaban J connectivity index is 1.60. The summed E-state index contributed by atoms with van der Waals surface area (Å²) in [6.07, 6.45) is 0. The molecule has 1 aliphatic heterocycles. The van der Waals surface area contributed by atoms with Crippen molar-refractivity contribution in [2.75, 3.05) is 21.5 Å². The number of nitrogens with one attached hydrogen (secondary N) is 2. The van der Waals surface area contributed by atoms with Crippen LogP contribution in [0.4, 0.5) is 17.1 Å². The largest absolute Gasteiger partial charge is 0.323 e. The lowest BCUT2D eigenvalue weighted by Crippen LogP contribution is -2.42. The molecule has 0 aliphatic carbocycles. The molecule has 0 saturated heterocycles. The number of aryl methyl sites for hydroxylation is 1. The number of fused-ring (bicyclic) bond motifs is 1. The second-order valence-electron chi connectivity index (χ2n) is 7.07. The van der Waals surface area contributed by atoms with Gasteiger partial charge in [0.2, 0.25) is 5.91 Å². The first-order valence-electron chi connectivity index (χ1n) is 9.34. The number of para-hydroxylation sites is 2. The molecule has 4 rings (SSSR count). The monoisotopic (exact) mass is 455 g/mol. The van der Waals surface area contributed by atoms with Crippen molar-refractivity contribution >= 4 is 50.5 Å². The summed E-state index contributed by atoms with van der Waals surface area (Å²) in [5.74, 6) is -0.772. The van der Waals surface area contributed by atoms with Crippen molar-refractivity contribution in [2.45, 2.75) is 11.8 Å². The van der Waals surface area contributed by atoms with E-state index in [9.17, 15) is 18.0 Å². The average Bonchev–Trinajstić information content (AvgIpc) is 2.73. The molecule has 2 amide bonds. The van der Waals surface area contributed by atoms with Crippen LogP contribution in [0, 0.1) is 6.92 Å². The molecule has 31 heavy (non-hydrogen) atoms. The molecule has 1 heterocycles. The summed E-state index contributed by atoms with van der Waals surface area (Å²) in [6, 6.07) is 17.7. The van der Waals surface area contributed by atoms with Crippen LogP contribution in [0.2, 0.25) is 5.02 Å². The zero-order valence-corrected chi connectivity index (χ0v) is 18.0. The summed E-state index contributed by atoms with van der Waals surface area (Å²) in [5, 5.41) is 2.79. The van der Waals surface area contributed by atoms with E-state index in [0.29, 0.717) is 11.4 Å². The predicted molar refractivity (Wildman–Crippen MR) is 120 cm³/mol. The topological polar surface area (TPSA) is 95.6 Å². The third-order valence-electron chi connectivity index (χ3n) is 4.80. The third kappa shape index (κ3) is 4.26. The van der Waals surface area contributed by atoms with E-state index >= 15 is 0 Å². The molecule has 0 unspecified atom stereocenters. The molecule has 2 N–H and O–H groups in total. The minimum atomic E-state index is -3.80. The van der Waals surface area contributed by atoms with Gasteiger partial charge in [0, 0.05) is 0 Å². The zero-order chi connectivity index (χ0) is 22.2. The number of amides is 2. The fourth-order valence-corrected chi connectivity index (χ4v) is 4.55. The van der Waals surface area contributed by atoms with Crippen LogP contribution in [0.15, 0.2) is 71.6 Å². The molecule has 3 aromatic carbocycles. The van der Waals surface area contributed by atoms with Crippen LogP contribution in [0.25, 0.3) is 0 Å². The molecule has 1 aliphatic rings. The van der Waals surface area contributed by atoms with Crippen molar-refractivity contribution in [3.05, 3.63) is 82.9 Å². The zero-order valence-electron chi connectivity index (χ0n) is 16.4. The van der Waals surface area contributed by atoms with Crippen LogP contribution in [0.1, 0.15) is 15.9 Å². The smallest absolute Gasteiger partial charge is 0.261 e. The van der Waals surface area contributed by atoms with Crippen molar-refractivity contribution in [1.82, 2.24) is 0 Å². The molecule has 7 nitrogen and oxygen atoms in total. The lowest BCUT2D eigenvalue weighted by atomic mass is 10.1. The van der Waals surface area contributed by atoms with E-state index in [-0.39, 0.29) is 33.6 Å². The van der Waals surface area contributed by atoms with Gasteiger partial charge in [0.15, 0.2) is 0 Å². The van der Waals surface area contributed by atoms with Gasteiger partial charge in [-0.3, -0.25) is 19.2 Å². The van der Waals surface area contributed by atoms with Gasteiger partial charge in [0.25, 0.3) is 15.9 Å². The number of hydrogen-bond acceptors (Lipinski definition) is 4. The highest BCUT2D eigenvalue weighted by Crippen LogP contribution is 2.32. The average molecular weight is 456 g/mol. The lowest BCUT2D eigenvalue weighted by Gasteiger charge is -2.29. The van der Waals surface area contributed by atoms with E-state index in [1.165, 1.54) is 35.2 Å². The highest BCUT2D eigenvalue weighted by molar-refractivity contribution is 7.92. The minimum absolute atomic E-state index is 0.0672. The molecule has 0 bridgehead atoms. The summed E-state index contributed by atoms with van der Waals surface area (Å²) in [6.45, 7) is 1.72. The Morgan fingerprint density at radius 3 is 2.48 bits per heavy atom. The molecule has 0 saturated carbocycles. The first-order chi connectivity index (χ1) is 14.7. The first kappa shape index (κ1) is 20.9. The van der Waals surface area contributed by atoms with Gasteiger partial charge in [-0.2, -0.15) is 0 Å². The standard InChI is InChI=1S/C22H18ClN3O4S/c1-14-6-9-16(10-7-14)31(29,30)25-15-8-11-17(18(23)12-15)22(28)26-13-21(27)24-19-4-2-3-5-20(19)26/h2-12,25H,13H2,1H3,(H,24,27). The normalized spacial score (nSPS) is 13.4. The molecule has 9 heteroatoms. The van der Waals surface area contributed by atoms with Crippen LogP contribution >= 0.6 is 11.6 Å². The number of benzene rings is 3. The molecule has 0 fully saturated rings. The van der Waals surface area contributed by atoms with Gasteiger partial charge >= 0.3 is 0 Å². The summed E-state index contributed by atoms with van der Waals surface area (Å²) < 4.78 is 27.6. The minimum Gasteiger partial charge on any atom is -0.323 e. The number of rotatable bonds is 4. The number of sulfonamides is 1. The van der Waals surface area contributed by atoms with Gasteiger partial charge in [0.1, 0.15) is 6.54 Å². The summed E-state index contributed by atoms with van der Waals surface area (Å²) in [4.78, 5) is 26.6. The van der Waals surface area contributed by atoms with Crippen LogP contribution in [0.3, 0.4) is 0 Å². The van der Waals surface area contributed by atoms with Crippen LogP contribution in [0.5, 0.6) is 0 Å². The number of hydrogen-bond donors (Lipinski definition) is 2. The molecule has 0 aromatic heterocycles. The van der Waals surface area contributed by atoms with Crippen LogP contribution in [-0.2, 0) is 14.8 Å². The van der Waals surface area contributed by atoms with Crippen molar-refractivity contribution < 1.29 is 18.0 Å². The number of anilines is 3. The second kappa shape index (κ2) is 8.05. The summed E-state index contributed by atoms with van der Waals surface area (Å²) >= 11 is 6.32. The number of nitrogens with zero attached hydrogens (tertiary/aromatic N) is 1. The fraction of sp³-hybridized carbons (Fsp3) is 0.0909. The van der Waals surface area contributed by atoms with E-state index in [0.717, 1.165) is 5.56 Å². The van der Waals surface area contributed by atoms with Gasteiger partial charge in [-0.05, 0) is 49.4 Å². The quantitative estimate of drug-likeness (QED) is 0.620. The summed E-state index contributed by atoms with van der Waals surface area (Å²) in [5.41, 5.74) is 2.42. The maximum atomic E-state index is 13.1. The Hall–Kier alpha value is -3.36. The van der Waals surface area contributed by atoms with Gasteiger partial charge in [-0.1, -0.05) is 41.4 Å². The fourth-order valence-electron chi connectivity index (χ4n) is 3.24. The van der Waals surface area contributed by atoms with Crippen LogP contribution in [-0.4, -0.2) is 26.8 Å². The predicted octanol–water partition coefficient (Wildman–Crippen LogP) is 4.05. The molecular weight excluding hydrogens is 438 g/mol. The SMILES string of the molecule is Cc1ccc(S(=O)(=O)Nc2ccc(C(=O)N3CC(=O)Nc4ccccc43)c(Cl)c2)cc1. The van der Waals surface area contributed by atoms with Gasteiger partial charge in [0.05, 0.1) is 32.5 Å². The first-order valence-corrected chi connectivity index (χ1v) is 11.2. The lowest BCUT2D eigenvalue weighted by molar-refractivity contribution is -0.115. The Morgan fingerprint density at radius 2 is 1.77 bits per heavy atom. The van der Waals surface area contributed by atoms with Gasteiger partial charge in [-0.15, -0.1) is 0 Å². The van der Waals surface area contributed by atoms with Gasteiger partial charge in [-0.25, -0.2) is 8.42 Å². The second-order valence-corrected chi connectivity index (χ2v) is 9.16. The van der Waals surface area contributed by atoms with Crippen LogP contribution < -0.4 is 14.9 Å². The van der Waals surface area contributed by atoms with E-state index in [4.69, 9.17) is 11.6 Å². The van der Waals surface area contributed by atoms with Crippen molar-refractivity contribution in [2.24, 2.45) is 0 Å². The van der Waals surface area contributed by atoms with Crippen molar-refractivity contribution in [3.8, 4) is 0 Å². The highest BCUT2D eigenvalue weighted by Gasteiger charge is 2.28. The number of halogens is 1. The van der Waals surface area contributed by atoms with E-state index in [1.54, 1.807) is 36.4 Å². The molecule has 3 aromatic rings. The number of carbonyl (C=O) groups excluding carboxylic acids is 2. The van der Waals surface area contributed by atoms with E-state index in [1.807, 2.05) is 6.92 Å². The van der Waals surface area contributed by atoms with Crippen molar-refractivity contribution in [1.29, 1.82) is 0 Å². The molecule has 0 spiro atoms. The molecule has 158 valence electrons. The Bertz CT molecular complexity index is 1290. The van der Waals surface area contributed by atoms with E-state index in [2.05, 4.69) is 10.0 Å². The maximum Gasteiger partial charge on any atom is 0.261 e. The third-order valence-corrected chi connectivity index (χ3v) is 6.51. The Morgan fingerprint density at radius 1 is 1.06 bits per heavy atom. The van der Waals surface area contributed by atoms with Gasteiger partial charge < -0.3 is 5.32 Å². The highest BCUT2D eigenvalue weighted by atomic mass is 35.5. The molecule has 0 radical (unpaired) electrons. The molecule has 0 atom stereocenters. The molecular formula is C22H18ClN3O4S. The number of carbonyl (C=O) groups is 2. The maximum absolute atomic E-state index is 13.1. The Kier molecular flexibility index (Phi) is 5.43. The summed E-state index contributed by atoms with van der Waals surface area (Å²) in [7, 11) is -3.80. The Labute approximate surface area is 184 Å². The van der Waals surface area contributed by atoms with Crippen molar-refractivity contribution in [3.63, 3.8) is 0 Å².